The van der Waals surface area contributed by atoms with E-state index in [0.717, 1.165) is 5.56 Å². The molecule has 5 aromatic rings. The predicted molar refractivity (Wildman–Crippen MR) is 275 cm³/mol. The molecule has 0 aliphatic rings. The van der Waals surface area contributed by atoms with Crippen LogP contribution < -0.4 is 0 Å². The lowest BCUT2D eigenvalue weighted by molar-refractivity contribution is -0.191. The monoisotopic (exact) mass is 1050 g/mol. The number of phenolic OH excluding ortho intramolecular Hbond substituents is 4. The molecule has 0 aromatic heterocycles. The molecule has 20 heteroatoms. The Balaban J connectivity index is 0.000000902. The largest absolute Gasteiger partial charge is 0.507 e. The number of aromatic carboxylic acids is 4. The summed E-state index contributed by atoms with van der Waals surface area (Å²) in [5.74, 6) is -8.83. The molecule has 75 heavy (non-hydrogen) atoms. The van der Waals surface area contributed by atoms with Crippen LogP contribution in [0.25, 0.3) is 0 Å². The summed E-state index contributed by atoms with van der Waals surface area (Å²) >= 11 is 0. The van der Waals surface area contributed by atoms with Gasteiger partial charge >= 0.3 is 30.0 Å². The van der Waals surface area contributed by atoms with Gasteiger partial charge in [-0.25, -0.2) is 19.2 Å². The molecule has 0 aliphatic heterocycles. The molecule has 0 unspecified atom stereocenters. The van der Waals surface area contributed by atoms with Crippen LogP contribution in [0.15, 0.2) is 66.7 Å². The fourth-order valence-corrected chi connectivity index (χ4v) is 6.43. The van der Waals surface area contributed by atoms with Gasteiger partial charge in [-0.15, -0.1) is 0 Å². The van der Waals surface area contributed by atoms with E-state index in [-0.39, 0.29) is 61.9 Å². The molecule has 410 valence electrons. The zero-order valence-corrected chi connectivity index (χ0v) is 44.6. The van der Waals surface area contributed by atoms with Crippen molar-refractivity contribution in [2.24, 2.45) is 0 Å². The third-order valence-corrected chi connectivity index (χ3v) is 10.6. The summed E-state index contributed by atoms with van der Waals surface area (Å²) in [6, 6.07) is 16.1. The summed E-state index contributed by atoms with van der Waals surface area (Å²) in [6.45, 7) is 28.5. The Kier molecular flexibility index (Phi) is 22.9. The first-order valence-electron chi connectivity index (χ1n) is 22.5. The Morgan fingerprint density at radius 2 is 0.667 bits per heavy atom. The Hall–Kier alpha value is -8.64. The lowest BCUT2D eigenvalue weighted by Gasteiger charge is -2.22. The van der Waals surface area contributed by atoms with E-state index >= 15 is 0 Å². The highest BCUT2D eigenvalue weighted by molar-refractivity contribution is 5.95. The Labute approximate surface area is 434 Å². The molecular formula is C55H70O20. The maximum absolute atomic E-state index is 11.0. The van der Waals surface area contributed by atoms with E-state index in [1.54, 1.807) is 6.07 Å². The van der Waals surface area contributed by atoms with Crippen molar-refractivity contribution in [1.29, 1.82) is 0 Å². The number of carbonyl (C=O) groups is 4. The molecule has 0 aliphatic carbocycles. The zero-order chi connectivity index (χ0) is 59.3. The highest BCUT2D eigenvalue weighted by Crippen LogP contribution is 2.41. The number of aromatic hydroxyl groups is 10. The standard InChI is InChI=1S/4C11H14O4.C10H14O2.CO2/c1-11(2,3)6-4-7(12)9(10(14)15)8(13)5-6;1-11(2,3)6-4-5-7(12)8(9(6)13)10(14)15;1-11(2,3)6-4-5-7(12)9(13)8(6)10(14)15;1-11(2,3)7-5-4-6(10(14)15)8(12)9(7)13;1-10(2,3)7-4-5-8(11)9(12)6-7;2-1-3/h4*4-5,12-13H,1-3H3,(H,14,15);4-6,11-12H,1-3H3;. The third-order valence-electron chi connectivity index (χ3n) is 10.6. The maximum Gasteiger partial charge on any atom is 0.373 e. The normalized spacial score (nSPS) is 11.1. The number of hydrogen-bond acceptors (Lipinski definition) is 16. The molecule has 0 spiro atoms. The molecule has 5 rings (SSSR count). The van der Waals surface area contributed by atoms with Gasteiger partial charge in [0.05, 0.1) is 0 Å². The number of carbonyl (C=O) groups excluding carboxylic acids is 2. The molecular weight excluding hydrogens is 981 g/mol. The molecule has 0 fully saturated rings. The van der Waals surface area contributed by atoms with Crippen LogP contribution in [-0.4, -0.2) is 102 Å². The molecule has 0 saturated heterocycles. The van der Waals surface area contributed by atoms with Gasteiger partial charge in [-0.3, -0.25) is 0 Å². The number of carboxylic acids is 4. The number of benzene rings is 5. The Bertz CT molecular complexity index is 2850. The first-order chi connectivity index (χ1) is 33.8. The average Bonchev–Trinajstić information content (AvgIpc) is 3.22. The topological polar surface area (TPSA) is 386 Å². The molecule has 14 N–H and O–H groups in total. The molecule has 0 saturated carbocycles. The van der Waals surface area contributed by atoms with Crippen LogP contribution in [0.3, 0.4) is 0 Å². The van der Waals surface area contributed by atoms with Crippen molar-refractivity contribution >= 4 is 30.0 Å². The van der Waals surface area contributed by atoms with Crippen LogP contribution in [-0.2, 0) is 36.7 Å². The molecule has 0 heterocycles. The second-order valence-corrected chi connectivity index (χ2v) is 21.7. The molecule has 20 nitrogen and oxygen atoms in total. The van der Waals surface area contributed by atoms with Gasteiger partial charge in [0.2, 0.25) is 0 Å². The summed E-state index contributed by atoms with van der Waals surface area (Å²) in [4.78, 5) is 59.4. The fourth-order valence-electron chi connectivity index (χ4n) is 6.43. The van der Waals surface area contributed by atoms with Crippen molar-refractivity contribution in [3.05, 3.63) is 117 Å². The number of hydrogen-bond donors (Lipinski definition) is 14. The lowest BCUT2D eigenvalue weighted by atomic mass is 9.83. The van der Waals surface area contributed by atoms with Gasteiger partial charge in [0, 0.05) is 11.1 Å². The second kappa shape index (κ2) is 25.8. The van der Waals surface area contributed by atoms with Crippen molar-refractivity contribution in [1.82, 2.24) is 0 Å². The van der Waals surface area contributed by atoms with Crippen LogP contribution in [0.4, 0.5) is 0 Å². The first-order valence-corrected chi connectivity index (χ1v) is 22.5. The predicted octanol–water partition coefficient (Wildman–Crippen LogP) is 10.2. The minimum atomic E-state index is -1.34. The van der Waals surface area contributed by atoms with E-state index in [4.69, 9.17) is 35.1 Å². The molecule has 0 amide bonds. The second-order valence-electron chi connectivity index (χ2n) is 21.7. The van der Waals surface area contributed by atoms with Crippen LogP contribution in [0.2, 0.25) is 0 Å². The van der Waals surface area contributed by atoms with Gasteiger partial charge in [0.1, 0.15) is 45.3 Å². The smallest absolute Gasteiger partial charge is 0.373 e. The van der Waals surface area contributed by atoms with Gasteiger partial charge in [0.25, 0.3) is 0 Å². The van der Waals surface area contributed by atoms with Crippen LogP contribution >= 0.6 is 0 Å². The van der Waals surface area contributed by atoms with Gasteiger partial charge in [-0.1, -0.05) is 128 Å². The van der Waals surface area contributed by atoms with E-state index in [0.29, 0.717) is 22.3 Å². The minimum Gasteiger partial charge on any atom is -0.507 e. The molecule has 0 atom stereocenters. The average molecular weight is 1050 g/mol. The Morgan fingerprint density at radius 3 is 1.03 bits per heavy atom. The van der Waals surface area contributed by atoms with Crippen LogP contribution in [0.5, 0.6) is 57.5 Å². The number of carboxylic acid groups (broad SMARTS) is 4. The summed E-state index contributed by atoms with van der Waals surface area (Å²) in [5.41, 5.74) is 0.401. The highest BCUT2D eigenvalue weighted by Gasteiger charge is 2.28. The van der Waals surface area contributed by atoms with Crippen LogP contribution in [0.1, 0.15) is 173 Å². The molecule has 5 aromatic carbocycles. The Morgan fingerprint density at radius 1 is 0.320 bits per heavy atom. The SMILES string of the molecule is CC(C)(C)c1cc(O)c(C(=O)O)c(O)c1.CC(C)(C)c1ccc(C(=O)O)c(O)c1O.CC(C)(C)c1ccc(O)c(C(=O)O)c1O.CC(C)(C)c1ccc(O)c(O)c1.CC(C)(C)c1ccc(O)c(O)c1C(=O)O.O=C=O. The van der Waals surface area contributed by atoms with Gasteiger partial charge in [-0.05, 0) is 86.2 Å². The van der Waals surface area contributed by atoms with Crippen molar-refractivity contribution < 1.29 is 100 Å². The lowest BCUT2D eigenvalue weighted by Crippen LogP contribution is -2.16. The van der Waals surface area contributed by atoms with Crippen LogP contribution in [0, 0.1) is 0 Å². The van der Waals surface area contributed by atoms with Crippen molar-refractivity contribution in [2.45, 2.75) is 131 Å². The third kappa shape index (κ3) is 19.1. The number of rotatable bonds is 4. The van der Waals surface area contributed by atoms with E-state index in [9.17, 15) is 65.1 Å². The van der Waals surface area contributed by atoms with E-state index in [1.165, 1.54) is 54.6 Å². The maximum atomic E-state index is 11.0. The van der Waals surface area contributed by atoms with Crippen molar-refractivity contribution in [2.75, 3.05) is 0 Å². The fraction of sp³-hybridized carbons (Fsp3) is 0.364. The summed E-state index contributed by atoms with van der Waals surface area (Å²) in [5, 5.41) is 129. The van der Waals surface area contributed by atoms with Gasteiger partial charge < -0.3 is 71.5 Å². The minimum absolute atomic E-state index is 0.00514. The zero-order valence-electron chi connectivity index (χ0n) is 44.6. The van der Waals surface area contributed by atoms with E-state index < -0.39 is 74.9 Å². The first kappa shape index (κ1) is 66.4. The van der Waals surface area contributed by atoms with Gasteiger partial charge in [0.15, 0.2) is 34.5 Å². The summed E-state index contributed by atoms with van der Waals surface area (Å²) < 4.78 is 0. The summed E-state index contributed by atoms with van der Waals surface area (Å²) in [7, 11) is 0. The van der Waals surface area contributed by atoms with E-state index in [1.807, 2.05) is 89.2 Å². The quantitative estimate of drug-likeness (QED) is 0.0744. The van der Waals surface area contributed by atoms with Crippen molar-refractivity contribution in [3.8, 4) is 57.5 Å². The van der Waals surface area contributed by atoms with Gasteiger partial charge in [-0.2, -0.15) is 9.59 Å². The van der Waals surface area contributed by atoms with Crippen molar-refractivity contribution in [3.63, 3.8) is 0 Å². The summed E-state index contributed by atoms with van der Waals surface area (Å²) in [6.07, 6.45) is 0.250. The number of phenols is 10. The highest BCUT2D eigenvalue weighted by atomic mass is 16.4. The molecule has 0 radical (unpaired) electrons. The molecule has 0 bridgehead atoms. The van der Waals surface area contributed by atoms with E-state index in [2.05, 4.69) is 20.8 Å².